The molecule has 132 valence electrons. The van der Waals surface area contributed by atoms with E-state index >= 15 is 0 Å². The summed E-state index contributed by atoms with van der Waals surface area (Å²) in [4.78, 5) is 9.43. The van der Waals surface area contributed by atoms with Crippen LogP contribution in [0.25, 0.3) is 4.85 Å². The zero-order chi connectivity index (χ0) is 19.4. The van der Waals surface area contributed by atoms with Gasteiger partial charge in [-0.1, -0.05) is 48.5 Å². The zero-order valence-electron chi connectivity index (χ0n) is 14.9. The lowest BCUT2D eigenvalue weighted by molar-refractivity contribution is 0.730. The van der Waals surface area contributed by atoms with E-state index in [9.17, 15) is 5.26 Å². The van der Waals surface area contributed by atoms with E-state index in [1.807, 2.05) is 66.0 Å². The highest BCUT2D eigenvalue weighted by atomic mass is 32.1. The molecule has 4 aromatic rings. The first kappa shape index (κ1) is 17.7. The van der Waals surface area contributed by atoms with Crippen LogP contribution in [0.5, 0.6) is 0 Å². The molecule has 4 rings (SSSR count). The van der Waals surface area contributed by atoms with Gasteiger partial charge in [-0.15, -0.1) is 11.3 Å². The molecule has 4 heteroatoms. The van der Waals surface area contributed by atoms with E-state index in [2.05, 4.69) is 17.0 Å². The molecule has 1 unspecified atom stereocenters. The average molecular weight is 377 g/mol. The molecule has 2 heterocycles. The van der Waals surface area contributed by atoms with Crippen molar-refractivity contribution in [1.29, 1.82) is 5.26 Å². The molecule has 0 aliphatic carbocycles. The van der Waals surface area contributed by atoms with Crippen LogP contribution >= 0.6 is 11.3 Å². The highest BCUT2D eigenvalue weighted by Crippen LogP contribution is 2.46. The number of hydrogen-bond donors (Lipinski definition) is 0. The summed E-state index contributed by atoms with van der Waals surface area (Å²) in [5.41, 5.74) is 3.23. The van der Waals surface area contributed by atoms with Crippen molar-refractivity contribution in [3.63, 3.8) is 0 Å². The first-order chi connectivity index (χ1) is 13.8. The summed E-state index contributed by atoms with van der Waals surface area (Å²) >= 11 is 1.64. The van der Waals surface area contributed by atoms with Crippen molar-refractivity contribution in [2.45, 2.75) is 5.41 Å². The smallest absolute Gasteiger partial charge is 0.187 e. The number of pyridine rings is 1. The molecule has 0 radical (unpaired) electrons. The van der Waals surface area contributed by atoms with Crippen molar-refractivity contribution in [2.24, 2.45) is 0 Å². The molecular weight excluding hydrogens is 362 g/mol. The van der Waals surface area contributed by atoms with Crippen LogP contribution in [0.2, 0.25) is 0 Å². The summed E-state index contributed by atoms with van der Waals surface area (Å²) < 4.78 is 0. The molecule has 0 aliphatic rings. The van der Waals surface area contributed by atoms with Crippen LogP contribution in [0.3, 0.4) is 0 Å². The van der Waals surface area contributed by atoms with Crippen LogP contribution in [0, 0.1) is 17.9 Å². The molecule has 0 amide bonds. The zero-order valence-corrected chi connectivity index (χ0v) is 15.7. The van der Waals surface area contributed by atoms with E-state index in [0.717, 1.165) is 21.7 Å². The molecule has 0 aliphatic heterocycles. The summed E-state index contributed by atoms with van der Waals surface area (Å²) in [6.45, 7) is 7.46. The number of thiophene rings is 1. The maximum absolute atomic E-state index is 9.48. The minimum absolute atomic E-state index is 0.575. The topological polar surface area (TPSA) is 41.0 Å². The number of aromatic nitrogens is 1. The maximum atomic E-state index is 9.48. The summed E-state index contributed by atoms with van der Waals surface area (Å²) in [6.07, 6.45) is 1.78. The van der Waals surface area contributed by atoms with Gasteiger partial charge in [-0.25, -0.2) is 4.85 Å². The monoisotopic (exact) mass is 377 g/mol. The third-order valence-electron chi connectivity index (χ3n) is 4.77. The number of benzene rings is 2. The lowest BCUT2D eigenvalue weighted by Crippen LogP contribution is -2.31. The Bertz CT molecular complexity index is 1130. The Morgan fingerprint density at radius 1 is 0.929 bits per heavy atom. The van der Waals surface area contributed by atoms with Crippen molar-refractivity contribution in [3.05, 3.63) is 129 Å². The number of rotatable bonds is 4. The van der Waals surface area contributed by atoms with Crippen molar-refractivity contribution in [1.82, 2.24) is 4.98 Å². The molecule has 0 saturated carbocycles. The third-order valence-corrected chi connectivity index (χ3v) is 5.76. The fourth-order valence-electron chi connectivity index (χ4n) is 3.58. The molecule has 28 heavy (non-hydrogen) atoms. The fourth-order valence-corrected chi connectivity index (χ4v) is 4.56. The average Bonchev–Trinajstić information content (AvgIpc) is 3.30. The van der Waals surface area contributed by atoms with Crippen molar-refractivity contribution < 1.29 is 0 Å². The second kappa shape index (κ2) is 7.48. The molecule has 0 fully saturated rings. The fraction of sp³-hybridized carbons (Fsp3) is 0.0417. The van der Waals surface area contributed by atoms with E-state index in [1.54, 1.807) is 29.7 Å². The minimum Gasteiger partial charge on any atom is -0.260 e. The van der Waals surface area contributed by atoms with Crippen LogP contribution in [0.15, 0.2) is 90.4 Å². The molecule has 0 N–H and O–H groups in total. The van der Waals surface area contributed by atoms with Gasteiger partial charge in [0.15, 0.2) is 5.69 Å². The van der Waals surface area contributed by atoms with Gasteiger partial charge in [-0.2, -0.15) is 5.26 Å². The Morgan fingerprint density at radius 2 is 1.75 bits per heavy atom. The highest BCUT2D eigenvalue weighted by molar-refractivity contribution is 7.10. The van der Waals surface area contributed by atoms with Gasteiger partial charge in [-0.3, -0.25) is 4.98 Å². The van der Waals surface area contributed by atoms with Gasteiger partial charge in [0, 0.05) is 11.1 Å². The Kier molecular flexibility index (Phi) is 4.72. The number of nitriles is 1. The van der Waals surface area contributed by atoms with E-state index in [4.69, 9.17) is 11.6 Å². The van der Waals surface area contributed by atoms with Gasteiger partial charge >= 0.3 is 0 Å². The third kappa shape index (κ3) is 2.87. The maximum Gasteiger partial charge on any atom is 0.187 e. The minimum atomic E-state index is -0.705. The molecule has 0 bridgehead atoms. The van der Waals surface area contributed by atoms with Gasteiger partial charge in [0.1, 0.15) is 0 Å². The summed E-state index contributed by atoms with van der Waals surface area (Å²) in [5.74, 6) is 0. The second-order valence-corrected chi connectivity index (χ2v) is 7.24. The first-order valence-electron chi connectivity index (χ1n) is 8.73. The van der Waals surface area contributed by atoms with Crippen LogP contribution < -0.4 is 0 Å². The standard InChI is InChI=1S/C24H15N3S/c1-26-21-10-5-9-20(16-21)24(23-12-6-14-28-23,22-11-2-3-13-27-22)19-8-4-7-18(15-19)17-25/h2-16H. The predicted molar refractivity (Wildman–Crippen MR) is 111 cm³/mol. The van der Waals surface area contributed by atoms with Crippen LogP contribution in [-0.4, -0.2) is 4.98 Å². The summed E-state index contributed by atoms with van der Waals surface area (Å²) in [7, 11) is 0. The lowest BCUT2D eigenvalue weighted by atomic mass is 9.70. The second-order valence-electron chi connectivity index (χ2n) is 6.30. The van der Waals surface area contributed by atoms with Gasteiger partial charge < -0.3 is 0 Å². The quantitative estimate of drug-likeness (QED) is 0.412. The SMILES string of the molecule is [C-]#[N+]c1cccc(C(c2cccc(C#N)c2)(c2ccccn2)c2cccs2)c1. The van der Waals surface area contributed by atoms with Gasteiger partial charge in [-0.05, 0) is 46.8 Å². The molecule has 0 saturated heterocycles. The van der Waals surface area contributed by atoms with Gasteiger partial charge in [0.25, 0.3) is 0 Å². The number of hydrogen-bond acceptors (Lipinski definition) is 3. The van der Waals surface area contributed by atoms with Crippen LogP contribution in [0.1, 0.15) is 27.3 Å². The largest absolute Gasteiger partial charge is 0.260 e. The van der Waals surface area contributed by atoms with Crippen LogP contribution in [0.4, 0.5) is 5.69 Å². The van der Waals surface area contributed by atoms with E-state index in [-0.39, 0.29) is 0 Å². The molecule has 2 aromatic heterocycles. The van der Waals surface area contributed by atoms with Crippen molar-refractivity contribution >= 4 is 17.0 Å². The molecule has 3 nitrogen and oxygen atoms in total. The Labute approximate surface area is 168 Å². The number of nitrogens with zero attached hydrogens (tertiary/aromatic N) is 3. The van der Waals surface area contributed by atoms with Crippen molar-refractivity contribution in [2.75, 3.05) is 0 Å². The van der Waals surface area contributed by atoms with Gasteiger partial charge in [0.2, 0.25) is 0 Å². The Morgan fingerprint density at radius 3 is 2.43 bits per heavy atom. The molecular formula is C24H15N3S. The Hall–Kier alpha value is -3.73. The normalized spacial score (nSPS) is 12.5. The highest BCUT2D eigenvalue weighted by Gasteiger charge is 2.40. The van der Waals surface area contributed by atoms with E-state index in [0.29, 0.717) is 11.3 Å². The Balaban J connectivity index is 2.15. The first-order valence-corrected chi connectivity index (χ1v) is 9.61. The molecule has 2 aromatic carbocycles. The molecule has 0 spiro atoms. The predicted octanol–water partition coefficient (Wildman–Crippen LogP) is 5.95. The summed E-state index contributed by atoms with van der Waals surface area (Å²) in [5, 5.41) is 11.5. The van der Waals surface area contributed by atoms with E-state index < -0.39 is 5.41 Å². The van der Waals surface area contributed by atoms with Gasteiger partial charge in [0.05, 0.1) is 29.3 Å². The lowest BCUT2D eigenvalue weighted by Gasteiger charge is -2.34. The van der Waals surface area contributed by atoms with Crippen LogP contribution in [-0.2, 0) is 5.41 Å². The molecule has 1 atom stereocenters. The van der Waals surface area contributed by atoms with E-state index in [1.165, 1.54) is 0 Å². The van der Waals surface area contributed by atoms with Crippen molar-refractivity contribution in [3.8, 4) is 6.07 Å². The summed E-state index contributed by atoms with van der Waals surface area (Å²) in [6, 6.07) is 27.5.